The molecule has 6 heteroatoms. The Morgan fingerprint density at radius 2 is 1.90 bits per heavy atom. The van der Waals surface area contributed by atoms with Crippen molar-refractivity contribution in [2.24, 2.45) is 0 Å². The minimum absolute atomic E-state index is 0.238. The maximum atomic E-state index is 11.9. The highest BCUT2D eigenvalue weighted by Crippen LogP contribution is 2.29. The molecule has 0 bridgehead atoms. The lowest BCUT2D eigenvalue weighted by atomic mass is 10.2. The van der Waals surface area contributed by atoms with Crippen LogP contribution in [0.4, 0.5) is 5.69 Å². The molecule has 2 N–H and O–H groups in total. The summed E-state index contributed by atoms with van der Waals surface area (Å²) in [4.78, 5) is 13.0. The lowest BCUT2D eigenvalue weighted by molar-refractivity contribution is 0.0530. The molecular formula is C15H13Cl2NO2S. The van der Waals surface area contributed by atoms with E-state index in [0.29, 0.717) is 17.9 Å². The van der Waals surface area contributed by atoms with Crippen LogP contribution in [0.2, 0.25) is 10.0 Å². The molecule has 0 saturated carbocycles. The van der Waals surface area contributed by atoms with Gasteiger partial charge in [-0.2, -0.15) is 0 Å². The Bertz CT molecular complexity index is 612. The zero-order valence-electron chi connectivity index (χ0n) is 11.0. The molecule has 0 spiro atoms. The van der Waals surface area contributed by atoms with Crippen LogP contribution in [0.25, 0.3) is 0 Å². The third kappa shape index (κ3) is 4.56. The van der Waals surface area contributed by atoms with Crippen molar-refractivity contribution in [3.63, 3.8) is 0 Å². The molecule has 2 rings (SSSR count). The Balaban J connectivity index is 1.85. The van der Waals surface area contributed by atoms with Crippen molar-refractivity contribution < 1.29 is 9.53 Å². The molecule has 0 radical (unpaired) electrons. The monoisotopic (exact) mass is 341 g/mol. The number of carbonyl (C=O) groups is 1. The van der Waals surface area contributed by atoms with Crippen LogP contribution in [0.15, 0.2) is 47.4 Å². The maximum Gasteiger partial charge on any atom is 0.338 e. The fourth-order valence-electron chi connectivity index (χ4n) is 1.62. The van der Waals surface area contributed by atoms with E-state index in [1.807, 2.05) is 30.3 Å². The average Bonchev–Trinajstić information content (AvgIpc) is 2.49. The van der Waals surface area contributed by atoms with Crippen molar-refractivity contribution in [1.82, 2.24) is 0 Å². The SMILES string of the molecule is Nc1cc(C(=O)OCCSc2ccccc2)cc(Cl)c1Cl. The zero-order chi connectivity index (χ0) is 15.2. The first-order chi connectivity index (χ1) is 10.1. The summed E-state index contributed by atoms with van der Waals surface area (Å²) in [5, 5.41) is 0.482. The number of nitrogens with two attached hydrogens (primary N) is 1. The summed E-state index contributed by atoms with van der Waals surface area (Å²) in [6.07, 6.45) is 0. The topological polar surface area (TPSA) is 52.3 Å². The molecule has 0 aliphatic heterocycles. The van der Waals surface area contributed by atoms with Gasteiger partial charge in [0.15, 0.2) is 0 Å². The smallest absolute Gasteiger partial charge is 0.338 e. The summed E-state index contributed by atoms with van der Waals surface area (Å²) in [5.41, 5.74) is 6.22. The first kappa shape index (κ1) is 16.0. The average molecular weight is 342 g/mol. The van der Waals surface area contributed by atoms with Gasteiger partial charge in [0.25, 0.3) is 0 Å². The summed E-state index contributed by atoms with van der Waals surface area (Å²) in [7, 11) is 0. The van der Waals surface area contributed by atoms with E-state index in [9.17, 15) is 4.79 Å². The van der Waals surface area contributed by atoms with Gasteiger partial charge in [-0.25, -0.2) is 4.79 Å². The van der Waals surface area contributed by atoms with E-state index >= 15 is 0 Å². The summed E-state index contributed by atoms with van der Waals surface area (Å²) < 4.78 is 5.18. The van der Waals surface area contributed by atoms with Crippen molar-refractivity contribution in [2.75, 3.05) is 18.1 Å². The van der Waals surface area contributed by atoms with Gasteiger partial charge < -0.3 is 10.5 Å². The van der Waals surface area contributed by atoms with Gasteiger partial charge in [-0.05, 0) is 24.3 Å². The highest BCUT2D eigenvalue weighted by molar-refractivity contribution is 7.99. The lowest BCUT2D eigenvalue weighted by Crippen LogP contribution is -2.08. The first-order valence-corrected chi connectivity index (χ1v) is 7.91. The van der Waals surface area contributed by atoms with Gasteiger partial charge in [0.1, 0.15) is 6.61 Å². The Hall–Kier alpha value is -1.36. The van der Waals surface area contributed by atoms with Crippen LogP contribution in [0, 0.1) is 0 Å². The van der Waals surface area contributed by atoms with Crippen LogP contribution >= 0.6 is 35.0 Å². The van der Waals surface area contributed by atoms with Crippen LogP contribution in [0.3, 0.4) is 0 Å². The van der Waals surface area contributed by atoms with Gasteiger partial charge in [-0.1, -0.05) is 41.4 Å². The van der Waals surface area contributed by atoms with E-state index in [-0.39, 0.29) is 15.7 Å². The molecule has 0 unspecified atom stereocenters. The summed E-state index contributed by atoms with van der Waals surface area (Å²) in [6, 6.07) is 12.8. The molecule has 21 heavy (non-hydrogen) atoms. The van der Waals surface area contributed by atoms with Crippen LogP contribution in [-0.2, 0) is 4.74 Å². The van der Waals surface area contributed by atoms with E-state index in [2.05, 4.69) is 0 Å². The molecule has 3 nitrogen and oxygen atoms in total. The van der Waals surface area contributed by atoms with Gasteiger partial charge in [0.05, 0.1) is 21.3 Å². The van der Waals surface area contributed by atoms with Crippen molar-refractivity contribution >= 4 is 46.6 Å². The second-order valence-electron chi connectivity index (χ2n) is 4.16. The maximum absolute atomic E-state index is 11.9. The van der Waals surface area contributed by atoms with E-state index < -0.39 is 5.97 Å². The normalized spacial score (nSPS) is 10.4. The number of anilines is 1. The molecule has 0 aromatic heterocycles. The number of benzene rings is 2. The second-order valence-corrected chi connectivity index (χ2v) is 6.11. The number of halogens is 2. The number of thioether (sulfide) groups is 1. The number of ether oxygens (including phenoxy) is 1. The van der Waals surface area contributed by atoms with E-state index in [1.165, 1.54) is 12.1 Å². The van der Waals surface area contributed by atoms with Gasteiger partial charge in [0.2, 0.25) is 0 Å². The number of rotatable bonds is 5. The molecule has 2 aromatic carbocycles. The number of hydrogen-bond acceptors (Lipinski definition) is 4. The Labute approximate surface area is 137 Å². The molecule has 0 amide bonds. The fraction of sp³-hybridized carbons (Fsp3) is 0.133. The minimum atomic E-state index is -0.464. The predicted octanol–water partition coefficient (Wildman–Crippen LogP) is 4.52. The van der Waals surface area contributed by atoms with Gasteiger partial charge in [0, 0.05) is 10.6 Å². The zero-order valence-corrected chi connectivity index (χ0v) is 13.3. The van der Waals surface area contributed by atoms with Crippen molar-refractivity contribution in [1.29, 1.82) is 0 Å². The first-order valence-electron chi connectivity index (χ1n) is 6.17. The molecule has 0 heterocycles. The van der Waals surface area contributed by atoms with Gasteiger partial charge in [-0.15, -0.1) is 11.8 Å². The Morgan fingerprint density at radius 1 is 1.19 bits per heavy atom. The van der Waals surface area contributed by atoms with Crippen LogP contribution in [-0.4, -0.2) is 18.3 Å². The van der Waals surface area contributed by atoms with E-state index in [0.717, 1.165) is 4.90 Å². The minimum Gasteiger partial charge on any atom is -0.461 e. The van der Waals surface area contributed by atoms with Gasteiger partial charge in [-0.3, -0.25) is 0 Å². The predicted molar refractivity (Wildman–Crippen MR) is 88.3 cm³/mol. The number of esters is 1. The van der Waals surface area contributed by atoms with Crippen molar-refractivity contribution in [3.8, 4) is 0 Å². The molecule has 0 saturated heterocycles. The number of nitrogen functional groups attached to an aromatic ring is 1. The summed E-state index contributed by atoms with van der Waals surface area (Å²) in [5.74, 6) is 0.209. The van der Waals surface area contributed by atoms with Gasteiger partial charge >= 0.3 is 5.97 Å². The fourth-order valence-corrected chi connectivity index (χ4v) is 2.71. The van der Waals surface area contributed by atoms with Crippen LogP contribution < -0.4 is 5.73 Å². The molecule has 110 valence electrons. The standard InChI is InChI=1S/C15H13Cl2NO2S/c16-12-8-10(9-13(18)14(12)17)15(19)20-6-7-21-11-4-2-1-3-5-11/h1-5,8-9H,6-7,18H2. The second kappa shape index (κ2) is 7.59. The van der Waals surface area contributed by atoms with Crippen LogP contribution in [0.1, 0.15) is 10.4 Å². The Kier molecular flexibility index (Phi) is 5.79. The highest BCUT2D eigenvalue weighted by atomic mass is 35.5. The quantitative estimate of drug-likeness (QED) is 0.376. The summed E-state index contributed by atoms with van der Waals surface area (Å²) >= 11 is 13.3. The molecule has 2 aromatic rings. The third-order valence-corrected chi connectivity index (χ3v) is 4.41. The molecular weight excluding hydrogens is 329 g/mol. The number of hydrogen-bond donors (Lipinski definition) is 1. The van der Waals surface area contributed by atoms with Crippen molar-refractivity contribution in [3.05, 3.63) is 58.1 Å². The molecule has 0 aliphatic rings. The van der Waals surface area contributed by atoms with Crippen molar-refractivity contribution in [2.45, 2.75) is 4.90 Å². The third-order valence-electron chi connectivity index (χ3n) is 2.62. The van der Waals surface area contributed by atoms with Crippen LogP contribution in [0.5, 0.6) is 0 Å². The lowest BCUT2D eigenvalue weighted by Gasteiger charge is -2.07. The number of carbonyl (C=O) groups excluding carboxylic acids is 1. The van der Waals surface area contributed by atoms with E-state index in [4.69, 9.17) is 33.7 Å². The Morgan fingerprint density at radius 3 is 2.57 bits per heavy atom. The highest BCUT2D eigenvalue weighted by Gasteiger charge is 2.12. The molecule has 0 aliphatic carbocycles. The largest absolute Gasteiger partial charge is 0.461 e. The molecule has 0 atom stereocenters. The molecule has 0 fully saturated rings. The summed E-state index contributed by atoms with van der Waals surface area (Å²) in [6.45, 7) is 0.304. The van der Waals surface area contributed by atoms with E-state index in [1.54, 1.807) is 11.8 Å².